The molecule has 2 unspecified atom stereocenters. The van der Waals surface area contributed by atoms with Crippen molar-refractivity contribution in [1.29, 1.82) is 0 Å². The van der Waals surface area contributed by atoms with E-state index < -0.39 is 5.97 Å². The van der Waals surface area contributed by atoms with Gasteiger partial charge in [0, 0.05) is 5.97 Å². The molecule has 0 aromatic carbocycles. The van der Waals surface area contributed by atoms with Crippen molar-refractivity contribution < 1.29 is 14.6 Å². The van der Waals surface area contributed by atoms with Crippen molar-refractivity contribution >= 4 is 5.97 Å². The van der Waals surface area contributed by atoms with Gasteiger partial charge >= 0.3 is 0 Å². The molecule has 2 atom stereocenters. The quantitative estimate of drug-likeness (QED) is 0.275. The van der Waals surface area contributed by atoms with Crippen LogP contribution in [-0.2, 0) is 9.53 Å². The smallest absolute Gasteiger partial charge is 0.0879 e. The molecule has 23 heavy (non-hydrogen) atoms. The van der Waals surface area contributed by atoms with Gasteiger partial charge in [0.1, 0.15) is 0 Å². The van der Waals surface area contributed by atoms with E-state index in [1.54, 1.807) is 0 Å². The highest BCUT2D eigenvalue weighted by atomic mass is 16.6. The van der Waals surface area contributed by atoms with Gasteiger partial charge in [-0.15, -0.1) is 0 Å². The summed E-state index contributed by atoms with van der Waals surface area (Å²) in [7, 11) is 0. The van der Waals surface area contributed by atoms with E-state index in [1.165, 1.54) is 25.7 Å². The second kappa shape index (κ2) is 13.1. The zero-order valence-electron chi connectivity index (χ0n) is 14.4. The maximum atomic E-state index is 10.2. The van der Waals surface area contributed by atoms with Crippen LogP contribution in [0.1, 0.15) is 71.1 Å². The molecule has 1 fully saturated rings. The number of ether oxygens (including phenoxy) is 1. The second-order valence-corrected chi connectivity index (χ2v) is 6.09. The van der Waals surface area contributed by atoms with Gasteiger partial charge < -0.3 is 14.6 Å². The third-order valence-corrected chi connectivity index (χ3v) is 3.92. The number of hydrogen-bond acceptors (Lipinski definition) is 3. The zero-order chi connectivity index (χ0) is 16.8. The molecular weight excluding hydrogens is 288 g/mol. The third kappa shape index (κ3) is 11.8. The zero-order valence-corrected chi connectivity index (χ0v) is 14.4. The van der Waals surface area contributed by atoms with E-state index in [1.807, 2.05) is 6.08 Å². The minimum absolute atomic E-state index is 0.146. The summed E-state index contributed by atoms with van der Waals surface area (Å²) in [6.45, 7) is 2.23. The molecule has 0 aromatic rings. The summed E-state index contributed by atoms with van der Waals surface area (Å²) in [6, 6.07) is 0. The number of carbonyl (C=O) groups excluding carboxylic acids is 1. The molecular formula is C20H31O3-. The van der Waals surface area contributed by atoms with Crippen molar-refractivity contribution in [3.63, 3.8) is 0 Å². The van der Waals surface area contributed by atoms with Crippen LogP contribution in [0, 0.1) is 0 Å². The first-order valence-electron chi connectivity index (χ1n) is 9.04. The van der Waals surface area contributed by atoms with Crippen molar-refractivity contribution in [1.82, 2.24) is 0 Å². The Morgan fingerprint density at radius 1 is 0.913 bits per heavy atom. The maximum absolute atomic E-state index is 10.2. The first-order chi connectivity index (χ1) is 11.2. The summed E-state index contributed by atoms with van der Waals surface area (Å²) in [5.74, 6) is -0.965. The van der Waals surface area contributed by atoms with Gasteiger partial charge in [-0.05, 0) is 51.4 Å². The molecule has 1 heterocycles. The predicted molar refractivity (Wildman–Crippen MR) is 92.9 cm³/mol. The number of aliphatic carboxylic acids is 1. The second-order valence-electron chi connectivity index (χ2n) is 6.09. The fourth-order valence-corrected chi connectivity index (χ4v) is 2.44. The Hall–Kier alpha value is -1.35. The van der Waals surface area contributed by atoms with Crippen LogP contribution in [0.4, 0.5) is 0 Å². The van der Waals surface area contributed by atoms with Gasteiger partial charge in [-0.25, -0.2) is 0 Å². The molecule has 0 bridgehead atoms. The van der Waals surface area contributed by atoms with E-state index in [2.05, 4.69) is 37.3 Å². The van der Waals surface area contributed by atoms with E-state index in [4.69, 9.17) is 4.74 Å². The molecule has 0 saturated carbocycles. The number of rotatable bonds is 14. The van der Waals surface area contributed by atoms with Gasteiger partial charge in [0.05, 0.1) is 12.2 Å². The highest BCUT2D eigenvalue weighted by Gasteiger charge is 2.35. The summed E-state index contributed by atoms with van der Waals surface area (Å²) < 4.78 is 5.64. The molecule has 0 N–H and O–H groups in total. The van der Waals surface area contributed by atoms with Crippen LogP contribution in [0.25, 0.3) is 0 Å². The Bertz CT molecular complexity index is 396. The molecule has 0 amide bonds. The van der Waals surface area contributed by atoms with Gasteiger partial charge in [0.2, 0.25) is 0 Å². The molecule has 0 radical (unpaired) electrons. The molecule has 1 aliphatic rings. The minimum atomic E-state index is -0.965. The molecule has 0 spiro atoms. The van der Waals surface area contributed by atoms with E-state index in [-0.39, 0.29) is 6.42 Å². The van der Waals surface area contributed by atoms with Crippen molar-refractivity contribution in [3.8, 4) is 0 Å². The Morgan fingerprint density at radius 3 is 2.22 bits per heavy atom. The van der Waals surface area contributed by atoms with Gasteiger partial charge in [0.25, 0.3) is 0 Å². The summed E-state index contributed by atoms with van der Waals surface area (Å²) >= 11 is 0. The Labute approximate surface area is 141 Å². The van der Waals surface area contributed by atoms with Crippen LogP contribution in [-0.4, -0.2) is 18.2 Å². The topological polar surface area (TPSA) is 52.7 Å². The van der Waals surface area contributed by atoms with Crippen LogP contribution in [0.5, 0.6) is 0 Å². The summed E-state index contributed by atoms with van der Waals surface area (Å²) in [4.78, 5) is 10.2. The van der Waals surface area contributed by atoms with E-state index in [0.717, 1.165) is 25.7 Å². The predicted octanol–water partition coefficient (Wildman–Crippen LogP) is 4.09. The third-order valence-electron chi connectivity index (χ3n) is 3.92. The minimum Gasteiger partial charge on any atom is -0.550 e. The SMILES string of the molecule is CCCCC/C=C\CC1OC1C/C=C\C/C=C\CCCC(=O)[O-]. The number of carbonyl (C=O) groups is 1. The molecule has 0 aromatic heterocycles. The van der Waals surface area contributed by atoms with E-state index in [0.29, 0.717) is 18.6 Å². The summed E-state index contributed by atoms with van der Waals surface area (Å²) in [5.41, 5.74) is 0. The lowest BCUT2D eigenvalue weighted by Crippen LogP contribution is -2.21. The van der Waals surface area contributed by atoms with Crippen molar-refractivity contribution in [2.24, 2.45) is 0 Å². The van der Waals surface area contributed by atoms with E-state index in [9.17, 15) is 9.90 Å². The largest absolute Gasteiger partial charge is 0.550 e. The molecule has 1 saturated heterocycles. The Balaban J connectivity index is 1.92. The van der Waals surface area contributed by atoms with Crippen molar-refractivity contribution in [3.05, 3.63) is 36.5 Å². The summed E-state index contributed by atoms with van der Waals surface area (Å²) in [6.07, 6.45) is 23.5. The monoisotopic (exact) mass is 319 g/mol. The number of hydrogen-bond donors (Lipinski definition) is 0. The summed E-state index contributed by atoms with van der Waals surface area (Å²) in [5, 5.41) is 10.2. The van der Waals surface area contributed by atoms with E-state index >= 15 is 0 Å². The lowest BCUT2D eigenvalue weighted by molar-refractivity contribution is -0.305. The van der Waals surface area contributed by atoms with Crippen LogP contribution in [0.2, 0.25) is 0 Å². The highest BCUT2D eigenvalue weighted by Crippen LogP contribution is 2.29. The van der Waals surface area contributed by atoms with Crippen molar-refractivity contribution in [2.45, 2.75) is 83.3 Å². The molecule has 3 heteroatoms. The Morgan fingerprint density at radius 2 is 1.52 bits per heavy atom. The fourth-order valence-electron chi connectivity index (χ4n) is 2.44. The van der Waals surface area contributed by atoms with Gasteiger partial charge in [-0.2, -0.15) is 0 Å². The first kappa shape index (κ1) is 19.7. The lowest BCUT2D eigenvalue weighted by Gasteiger charge is -1.97. The Kier molecular flexibility index (Phi) is 11.2. The highest BCUT2D eigenvalue weighted by molar-refractivity contribution is 5.64. The molecule has 0 aliphatic carbocycles. The average Bonchev–Trinajstić information content (AvgIpc) is 3.27. The standard InChI is InChI=1S/C20H32O3/c1-2-3-4-5-9-12-15-18-19(23-18)16-13-10-7-6-8-11-14-17-20(21)22/h6,8-10,12-13,18-19H,2-5,7,11,14-17H2,1H3,(H,21,22)/p-1/b8-6-,12-9-,13-10-. The number of carboxylic acids is 1. The molecule has 1 rings (SSSR count). The maximum Gasteiger partial charge on any atom is 0.0879 e. The van der Waals surface area contributed by atoms with Crippen LogP contribution < -0.4 is 5.11 Å². The average molecular weight is 319 g/mol. The number of unbranched alkanes of at least 4 members (excludes halogenated alkanes) is 4. The molecule has 130 valence electrons. The first-order valence-corrected chi connectivity index (χ1v) is 9.04. The van der Waals surface area contributed by atoms with Gasteiger partial charge in [-0.1, -0.05) is 56.2 Å². The van der Waals surface area contributed by atoms with Gasteiger partial charge in [0.15, 0.2) is 0 Å². The molecule has 3 nitrogen and oxygen atoms in total. The van der Waals surface area contributed by atoms with Crippen molar-refractivity contribution in [2.75, 3.05) is 0 Å². The lowest BCUT2D eigenvalue weighted by atomic mass is 10.1. The molecule has 1 aliphatic heterocycles. The van der Waals surface area contributed by atoms with Crippen LogP contribution in [0.15, 0.2) is 36.5 Å². The number of allylic oxidation sites excluding steroid dienone is 4. The van der Waals surface area contributed by atoms with Crippen LogP contribution in [0.3, 0.4) is 0 Å². The van der Waals surface area contributed by atoms with Crippen LogP contribution >= 0.6 is 0 Å². The van der Waals surface area contributed by atoms with Gasteiger partial charge in [-0.3, -0.25) is 0 Å². The normalized spacial score (nSPS) is 20.9. The number of carboxylic acid groups (broad SMARTS) is 1. The fraction of sp³-hybridized carbons (Fsp3) is 0.650. The number of epoxide rings is 1.